The van der Waals surface area contributed by atoms with Crippen LogP contribution < -0.4 is 0 Å². The third-order valence-corrected chi connectivity index (χ3v) is 3.58. The number of nitrogens with zero attached hydrogens (tertiary/aromatic N) is 3. The molecule has 0 aliphatic carbocycles. The molecule has 0 fully saturated rings. The Morgan fingerprint density at radius 2 is 2.10 bits per heavy atom. The summed E-state index contributed by atoms with van der Waals surface area (Å²) >= 11 is 0. The van der Waals surface area contributed by atoms with Gasteiger partial charge in [-0.05, 0) is 37.1 Å². The van der Waals surface area contributed by atoms with Gasteiger partial charge in [-0.25, -0.2) is 4.98 Å². The second-order valence-electron chi connectivity index (χ2n) is 5.15. The Morgan fingerprint density at radius 1 is 1.29 bits per heavy atom. The Morgan fingerprint density at radius 3 is 2.86 bits per heavy atom. The topological polar surface area (TPSA) is 47.8 Å². The maximum Gasteiger partial charge on any atom is 0.185 e. The number of pyridine rings is 1. The van der Waals surface area contributed by atoms with Crippen LogP contribution in [0, 0.1) is 6.92 Å². The lowest BCUT2D eigenvalue weighted by Gasteiger charge is -2.05. The lowest BCUT2D eigenvalue weighted by Crippen LogP contribution is -2.06. The van der Waals surface area contributed by atoms with Gasteiger partial charge in [-0.1, -0.05) is 18.2 Å². The van der Waals surface area contributed by atoms with Crippen molar-refractivity contribution < 1.29 is 4.79 Å². The summed E-state index contributed by atoms with van der Waals surface area (Å²) < 4.78 is 1.82. The summed E-state index contributed by atoms with van der Waals surface area (Å²) in [6.45, 7) is 4.84. The summed E-state index contributed by atoms with van der Waals surface area (Å²) in [6.07, 6.45) is 3.99. The SMILES string of the molecule is CCn1cc(CC(=O)c2cc(C)c3ccccc3n2)cn1. The molecule has 0 aliphatic rings. The van der Waals surface area contributed by atoms with E-state index in [1.165, 1.54) is 0 Å². The van der Waals surface area contributed by atoms with Crippen molar-refractivity contribution in [2.75, 3.05) is 0 Å². The normalized spacial score (nSPS) is 11.0. The van der Waals surface area contributed by atoms with E-state index in [2.05, 4.69) is 10.1 Å². The Hall–Kier alpha value is -2.49. The van der Waals surface area contributed by atoms with Gasteiger partial charge >= 0.3 is 0 Å². The highest BCUT2D eigenvalue weighted by atomic mass is 16.1. The monoisotopic (exact) mass is 279 g/mol. The number of aryl methyl sites for hydroxylation is 2. The molecule has 4 nitrogen and oxygen atoms in total. The van der Waals surface area contributed by atoms with Crippen LogP contribution in [0.15, 0.2) is 42.7 Å². The van der Waals surface area contributed by atoms with Gasteiger partial charge < -0.3 is 0 Å². The standard InChI is InChI=1S/C17H17N3O/c1-3-20-11-13(10-18-20)9-17(21)16-8-12(2)14-6-4-5-7-15(14)19-16/h4-8,10-11H,3,9H2,1-2H3. The molecule has 0 saturated heterocycles. The van der Waals surface area contributed by atoms with Crippen LogP contribution in [-0.4, -0.2) is 20.5 Å². The summed E-state index contributed by atoms with van der Waals surface area (Å²) in [6, 6.07) is 9.76. The molecule has 0 radical (unpaired) electrons. The minimum atomic E-state index is 0.0273. The largest absolute Gasteiger partial charge is 0.292 e. The number of rotatable bonds is 4. The van der Waals surface area contributed by atoms with Gasteiger partial charge in [0, 0.05) is 24.5 Å². The lowest BCUT2D eigenvalue weighted by molar-refractivity contribution is 0.0988. The fourth-order valence-corrected chi connectivity index (χ4v) is 2.44. The molecule has 0 spiro atoms. The summed E-state index contributed by atoms with van der Waals surface area (Å²) in [5.74, 6) is 0.0273. The number of hydrogen-bond donors (Lipinski definition) is 0. The van der Waals surface area contributed by atoms with Crippen molar-refractivity contribution in [3.8, 4) is 0 Å². The highest BCUT2D eigenvalue weighted by molar-refractivity contribution is 5.98. The third kappa shape index (κ3) is 2.70. The summed E-state index contributed by atoms with van der Waals surface area (Å²) in [5, 5.41) is 5.28. The molecular formula is C17H17N3O. The fourth-order valence-electron chi connectivity index (χ4n) is 2.44. The Balaban J connectivity index is 1.90. The van der Waals surface area contributed by atoms with E-state index in [1.54, 1.807) is 6.20 Å². The molecule has 2 heterocycles. The smallest absolute Gasteiger partial charge is 0.185 e. The van der Waals surface area contributed by atoms with Gasteiger partial charge in [0.05, 0.1) is 11.7 Å². The van der Waals surface area contributed by atoms with Crippen LogP contribution in [0.2, 0.25) is 0 Å². The minimum absolute atomic E-state index is 0.0273. The average Bonchev–Trinajstić information content (AvgIpc) is 2.95. The zero-order valence-electron chi connectivity index (χ0n) is 12.2. The molecular weight excluding hydrogens is 262 g/mol. The third-order valence-electron chi connectivity index (χ3n) is 3.58. The molecule has 4 heteroatoms. The van der Waals surface area contributed by atoms with Gasteiger partial charge in [-0.3, -0.25) is 9.48 Å². The Labute approximate surface area is 123 Å². The lowest BCUT2D eigenvalue weighted by atomic mass is 10.0. The summed E-state index contributed by atoms with van der Waals surface area (Å²) in [4.78, 5) is 16.9. The molecule has 0 bridgehead atoms. The molecule has 3 aromatic rings. The van der Waals surface area contributed by atoms with Gasteiger partial charge in [0.2, 0.25) is 0 Å². The molecule has 21 heavy (non-hydrogen) atoms. The van der Waals surface area contributed by atoms with E-state index >= 15 is 0 Å². The highest BCUT2D eigenvalue weighted by Gasteiger charge is 2.12. The number of carbonyl (C=O) groups is 1. The van der Waals surface area contributed by atoms with Crippen molar-refractivity contribution in [1.82, 2.24) is 14.8 Å². The maximum absolute atomic E-state index is 12.4. The number of Topliss-reactive ketones (excluding diaryl/α,β-unsaturated/α-hetero) is 1. The zero-order valence-corrected chi connectivity index (χ0v) is 12.2. The number of hydrogen-bond acceptors (Lipinski definition) is 3. The molecule has 0 saturated carbocycles. The number of aromatic nitrogens is 3. The van der Waals surface area contributed by atoms with Gasteiger partial charge in [0.1, 0.15) is 5.69 Å². The van der Waals surface area contributed by atoms with Crippen molar-refractivity contribution in [2.45, 2.75) is 26.8 Å². The van der Waals surface area contributed by atoms with Crippen LogP contribution in [-0.2, 0) is 13.0 Å². The maximum atomic E-state index is 12.4. The van der Waals surface area contributed by atoms with Crippen LogP contribution >= 0.6 is 0 Å². The predicted molar refractivity (Wildman–Crippen MR) is 82.4 cm³/mol. The van der Waals surface area contributed by atoms with Crippen molar-refractivity contribution in [2.24, 2.45) is 0 Å². The van der Waals surface area contributed by atoms with E-state index in [9.17, 15) is 4.79 Å². The van der Waals surface area contributed by atoms with Crippen molar-refractivity contribution in [1.29, 1.82) is 0 Å². The second kappa shape index (κ2) is 5.48. The molecule has 106 valence electrons. The molecule has 0 aliphatic heterocycles. The number of fused-ring (bicyclic) bond motifs is 1. The van der Waals surface area contributed by atoms with Crippen LogP contribution in [0.5, 0.6) is 0 Å². The van der Waals surface area contributed by atoms with Crippen LogP contribution in [0.3, 0.4) is 0 Å². The van der Waals surface area contributed by atoms with Crippen molar-refractivity contribution in [3.05, 3.63) is 59.5 Å². The average molecular weight is 279 g/mol. The molecule has 0 amide bonds. The predicted octanol–water partition coefficient (Wildman–Crippen LogP) is 3.19. The van der Waals surface area contributed by atoms with Crippen LogP contribution in [0.25, 0.3) is 10.9 Å². The Kier molecular flexibility index (Phi) is 3.52. The Bertz CT molecular complexity index is 805. The van der Waals surface area contributed by atoms with E-state index in [1.807, 2.05) is 55.1 Å². The highest BCUT2D eigenvalue weighted by Crippen LogP contribution is 2.18. The summed E-state index contributed by atoms with van der Waals surface area (Å²) in [7, 11) is 0. The van der Waals surface area contributed by atoms with E-state index < -0.39 is 0 Å². The first-order chi connectivity index (χ1) is 10.2. The van der Waals surface area contributed by atoms with Gasteiger partial charge in [-0.15, -0.1) is 0 Å². The molecule has 1 aromatic carbocycles. The number of para-hydroxylation sites is 1. The van der Waals surface area contributed by atoms with Crippen molar-refractivity contribution >= 4 is 16.7 Å². The minimum Gasteiger partial charge on any atom is -0.292 e. The first kappa shape index (κ1) is 13.5. The summed E-state index contributed by atoms with van der Waals surface area (Å²) in [5.41, 5.74) is 3.39. The van der Waals surface area contributed by atoms with Gasteiger partial charge in [-0.2, -0.15) is 5.10 Å². The number of carbonyl (C=O) groups excluding carboxylic acids is 1. The molecule has 0 unspecified atom stereocenters. The zero-order chi connectivity index (χ0) is 14.8. The van der Waals surface area contributed by atoms with Crippen LogP contribution in [0.1, 0.15) is 28.5 Å². The molecule has 0 N–H and O–H groups in total. The van der Waals surface area contributed by atoms with Gasteiger partial charge in [0.15, 0.2) is 5.78 Å². The molecule has 3 rings (SSSR count). The van der Waals surface area contributed by atoms with E-state index in [-0.39, 0.29) is 5.78 Å². The van der Waals surface area contributed by atoms with E-state index in [4.69, 9.17) is 0 Å². The first-order valence-corrected chi connectivity index (χ1v) is 7.08. The quantitative estimate of drug-likeness (QED) is 0.689. The van der Waals surface area contributed by atoms with Gasteiger partial charge in [0.25, 0.3) is 0 Å². The fraction of sp³-hybridized carbons (Fsp3) is 0.235. The first-order valence-electron chi connectivity index (χ1n) is 7.08. The molecule has 2 aromatic heterocycles. The number of ketones is 1. The van der Waals surface area contributed by atoms with E-state index in [0.29, 0.717) is 12.1 Å². The van der Waals surface area contributed by atoms with Crippen molar-refractivity contribution in [3.63, 3.8) is 0 Å². The number of benzene rings is 1. The van der Waals surface area contributed by atoms with Crippen LogP contribution in [0.4, 0.5) is 0 Å². The second-order valence-corrected chi connectivity index (χ2v) is 5.15. The van der Waals surface area contributed by atoms with E-state index in [0.717, 1.165) is 28.6 Å². The molecule has 0 atom stereocenters.